The number of carbonyl (C=O) groups is 1. The van der Waals surface area contributed by atoms with E-state index in [1.807, 2.05) is 31.2 Å². The van der Waals surface area contributed by atoms with Crippen LogP contribution >= 0.6 is 34.4 Å². The number of thioether (sulfide) groups is 1. The number of hydrogen-bond donors (Lipinski definition) is 1. The lowest BCUT2D eigenvalue weighted by Gasteiger charge is -2.05. The molecule has 6 heteroatoms. The molecule has 0 aliphatic heterocycles. The van der Waals surface area contributed by atoms with Crippen molar-refractivity contribution in [3.8, 4) is 10.6 Å². The Kier molecular flexibility index (Phi) is 5.48. The van der Waals surface area contributed by atoms with Crippen molar-refractivity contribution in [3.05, 3.63) is 57.7 Å². The van der Waals surface area contributed by atoms with Crippen molar-refractivity contribution < 1.29 is 4.79 Å². The fraction of sp³-hybridized carbons (Fsp3) is 0.176. The van der Waals surface area contributed by atoms with E-state index in [9.17, 15) is 4.79 Å². The van der Waals surface area contributed by atoms with Gasteiger partial charge in [0.1, 0.15) is 5.01 Å². The molecule has 1 N–H and O–H groups in total. The predicted molar refractivity (Wildman–Crippen MR) is 101 cm³/mol. The second-order valence-corrected chi connectivity index (χ2v) is 7.69. The SMILES string of the molecule is Cc1ccc(NC(=O)CSCc2csc(-c3ccsc3)n2)cc1. The summed E-state index contributed by atoms with van der Waals surface area (Å²) in [6.45, 7) is 2.03. The highest BCUT2D eigenvalue weighted by molar-refractivity contribution is 7.99. The first-order chi connectivity index (χ1) is 11.2. The molecule has 0 spiro atoms. The van der Waals surface area contributed by atoms with E-state index in [4.69, 9.17) is 0 Å². The van der Waals surface area contributed by atoms with Crippen LogP contribution in [-0.4, -0.2) is 16.6 Å². The van der Waals surface area contributed by atoms with Crippen LogP contribution in [0.15, 0.2) is 46.5 Å². The normalized spacial score (nSPS) is 10.7. The Morgan fingerprint density at radius 2 is 2.04 bits per heavy atom. The van der Waals surface area contributed by atoms with Gasteiger partial charge in [0.25, 0.3) is 0 Å². The Bertz CT molecular complexity index is 764. The quantitative estimate of drug-likeness (QED) is 0.669. The minimum atomic E-state index is 0.0205. The summed E-state index contributed by atoms with van der Waals surface area (Å²) in [6.07, 6.45) is 0. The van der Waals surface area contributed by atoms with E-state index in [0.717, 1.165) is 22.1 Å². The fourth-order valence-corrected chi connectivity index (χ4v) is 4.33. The number of carbonyl (C=O) groups excluding carboxylic acids is 1. The largest absolute Gasteiger partial charge is 0.325 e. The molecule has 1 amide bonds. The van der Waals surface area contributed by atoms with Gasteiger partial charge in [-0.1, -0.05) is 17.7 Å². The van der Waals surface area contributed by atoms with Crippen molar-refractivity contribution in [2.24, 2.45) is 0 Å². The number of anilines is 1. The van der Waals surface area contributed by atoms with Crippen molar-refractivity contribution in [1.82, 2.24) is 4.98 Å². The maximum absolute atomic E-state index is 11.9. The second-order valence-electron chi connectivity index (χ2n) is 5.06. The smallest absolute Gasteiger partial charge is 0.234 e. The minimum Gasteiger partial charge on any atom is -0.325 e. The van der Waals surface area contributed by atoms with Crippen molar-refractivity contribution in [1.29, 1.82) is 0 Å². The topological polar surface area (TPSA) is 42.0 Å². The third-order valence-corrected chi connectivity index (χ3v) is 5.73. The van der Waals surface area contributed by atoms with Gasteiger partial charge in [0, 0.05) is 27.8 Å². The van der Waals surface area contributed by atoms with Crippen molar-refractivity contribution in [3.63, 3.8) is 0 Å². The Morgan fingerprint density at radius 3 is 2.78 bits per heavy atom. The summed E-state index contributed by atoms with van der Waals surface area (Å²) in [6, 6.07) is 9.90. The van der Waals surface area contributed by atoms with Crippen LogP contribution in [0.25, 0.3) is 10.6 Å². The van der Waals surface area contributed by atoms with E-state index in [0.29, 0.717) is 5.75 Å². The predicted octanol–water partition coefficient (Wildman–Crippen LogP) is 5.05. The molecule has 23 heavy (non-hydrogen) atoms. The van der Waals surface area contributed by atoms with Gasteiger partial charge in [-0.15, -0.1) is 23.1 Å². The van der Waals surface area contributed by atoms with Gasteiger partial charge in [0.15, 0.2) is 0 Å². The second kappa shape index (κ2) is 7.77. The molecule has 1 aromatic carbocycles. The van der Waals surface area contributed by atoms with Gasteiger partial charge in [-0.25, -0.2) is 4.98 Å². The lowest BCUT2D eigenvalue weighted by molar-refractivity contribution is -0.113. The molecule has 2 aromatic heterocycles. The fourth-order valence-electron chi connectivity index (χ4n) is 1.97. The zero-order valence-electron chi connectivity index (χ0n) is 12.6. The maximum atomic E-state index is 11.9. The third-order valence-electron chi connectivity index (χ3n) is 3.14. The van der Waals surface area contributed by atoms with Crippen LogP contribution < -0.4 is 5.32 Å². The first-order valence-corrected chi connectivity index (χ1v) is 10.1. The number of hydrogen-bond acceptors (Lipinski definition) is 5. The van der Waals surface area contributed by atoms with Crippen LogP contribution in [0.4, 0.5) is 5.69 Å². The summed E-state index contributed by atoms with van der Waals surface area (Å²) in [5, 5.41) is 10.2. The molecule has 0 aliphatic carbocycles. The van der Waals surface area contributed by atoms with E-state index in [2.05, 4.69) is 32.5 Å². The molecule has 0 saturated carbocycles. The van der Waals surface area contributed by atoms with Crippen molar-refractivity contribution >= 4 is 46.0 Å². The molecule has 0 aliphatic rings. The zero-order chi connectivity index (χ0) is 16.1. The Balaban J connectivity index is 1.46. The van der Waals surface area contributed by atoms with Gasteiger partial charge < -0.3 is 5.32 Å². The number of benzene rings is 1. The van der Waals surface area contributed by atoms with Crippen molar-refractivity contribution in [2.75, 3.05) is 11.1 Å². The Morgan fingerprint density at radius 1 is 1.22 bits per heavy atom. The lowest BCUT2D eigenvalue weighted by Crippen LogP contribution is -2.14. The van der Waals surface area contributed by atoms with E-state index >= 15 is 0 Å². The van der Waals surface area contributed by atoms with Crippen LogP contribution in [0.2, 0.25) is 0 Å². The molecule has 3 nitrogen and oxygen atoms in total. The average molecular weight is 361 g/mol. The molecule has 0 radical (unpaired) electrons. The summed E-state index contributed by atoms with van der Waals surface area (Å²) in [5.41, 5.74) is 4.23. The molecule has 0 atom stereocenters. The van der Waals surface area contributed by atoms with Crippen LogP contribution in [0.1, 0.15) is 11.3 Å². The number of thiazole rings is 1. The highest BCUT2D eigenvalue weighted by atomic mass is 32.2. The summed E-state index contributed by atoms with van der Waals surface area (Å²) < 4.78 is 0. The summed E-state index contributed by atoms with van der Waals surface area (Å²) in [4.78, 5) is 16.5. The number of nitrogens with one attached hydrogen (secondary N) is 1. The van der Waals surface area contributed by atoms with Gasteiger partial charge in [-0.2, -0.15) is 11.3 Å². The molecule has 118 valence electrons. The third kappa shape index (κ3) is 4.67. The monoisotopic (exact) mass is 360 g/mol. The molecule has 0 bridgehead atoms. The number of amides is 1. The number of aryl methyl sites for hydroxylation is 1. The van der Waals surface area contributed by atoms with Crippen LogP contribution in [0.3, 0.4) is 0 Å². The molecule has 3 rings (SSSR count). The number of aromatic nitrogens is 1. The minimum absolute atomic E-state index is 0.0205. The zero-order valence-corrected chi connectivity index (χ0v) is 15.1. The van der Waals surface area contributed by atoms with Crippen molar-refractivity contribution in [2.45, 2.75) is 12.7 Å². The molecule has 0 saturated heterocycles. The van der Waals surface area contributed by atoms with E-state index in [1.54, 1.807) is 34.4 Å². The highest BCUT2D eigenvalue weighted by Gasteiger charge is 2.07. The van der Waals surface area contributed by atoms with Gasteiger partial charge in [-0.05, 0) is 30.5 Å². The first kappa shape index (κ1) is 16.2. The molecule has 0 unspecified atom stereocenters. The molecular formula is C17H16N2OS3. The Labute approximate surface area is 147 Å². The van der Waals surface area contributed by atoms with Crippen LogP contribution in [0.5, 0.6) is 0 Å². The molecule has 3 aromatic rings. The first-order valence-electron chi connectivity index (χ1n) is 7.12. The standard InChI is InChI=1S/C17H16N2OS3/c1-12-2-4-14(5-3-12)18-16(20)11-22-9-15-10-23-17(19-15)13-6-7-21-8-13/h2-8,10H,9,11H2,1H3,(H,18,20). The highest BCUT2D eigenvalue weighted by Crippen LogP contribution is 2.27. The van der Waals surface area contributed by atoms with Crippen LogP contribution in [-0.2, 0) is 10.5 Å². The summed E-state index contributed by atoms with van der Waals surface area (Å²) in [5.74, 6) is 1.20. The number of thiophene rings is 1. The summed E-state index contributed by atoms with van der Waals surface area (Å²) in [7, 11) is 0. The number of rotatable bonds is 6. The molecule has 2 heterocycles. The van der Waals surface area contributed by atoms with Crippen LogP contribution in [0, 0.1) is 6.92 Å². The van der Waals surface area contributed by atoms with E-state index < -0.39 is 0 Å². The van der Waals surface area contributed by atoms with Gasteiger partial charge >= 0.3 is 0 Å². The van der Waals surface area contributed by atoms with Gasteiger partial charge in [-0.3, -0.25) is 4.79 Å². The van der Waals surface area contributed by atoms with Gasteiger partial charge in [0.05, 0.1) is 11.4 Å². The molecule has 0 fully saturated rings. The van der Waals surface area contributed by atoms with E-state index in [-0.39, 0.29) is 5.91 Å². The number of nitrogens with zero attached hydrogens (tertiary/aromatic N) is 1. The Hall–Kier alpha value is -1.63. The van der Waals surface area contributed by atoms with E-state index in [1.165, 1.54) is 11.1 Å². The lowest BCUT2D eigenvalue weighted by atomic mass is 10.2. The summed E-state index contributed by atoms with van der Waals surface area (Å²) >= 11 is 4.91. The maximum Gasteiger partial charge on any atom is 0.234 e. The average Bonchev–Trinajstić information content (AvgIpc) is 3.20. The molecular weight excluding hydrogens is 344 g/mol. The van der Waals surface area contributed by atoms with Gasteiger partial charge in [0.2, 0.25) is 5.91 Å².